The van der Waals surface area contributed by atoms with Crippen molar-refractivity contribution >= 4 is 19.8 Å². The summed E-state index contributed by atoms with van der Waals surface area (Å²) in [5.74, 6) is 3.27. The number of benzene rings is 1. The molecule has 0 bridgehead atoms. The largest absolute Gasteiger partial charge is 0.388 e. The van der Waals surface area contributed by atoms with Crippen LogP contribution in [0.2, 0.25) is 19.6 Å². The topological polar surface area (TPSA) is 20.2 Å². The Hall–Kier alpha value is -0.693. The quantitative estimate of drug-likeness (QED) is 0.515. The molecule has 1 nitrogen and oxygen atoms in total. The van der Waals surface area contributed by atoms with Gasteiger partial charge in [-0.15, -0.1) is 17.3 Å². The maximum atomic E-state index is 10.2. The summed E-state index contributed by atoms with van der Waals surface area (Å²) in [6.45, 7) is 10.3. The van der Waals surface area contributed by atoms with Gasteiger partial charge in [-0.3, -0.25) is 0 Å². The van der Waals surface area contributed by atoms with E-state index < -0.39 is 13.7 Å². The molecule has 0 fully saturated rings. The molecule has 0 heterocycles. The van der Waals surface area contributed by atoms with E-state index >= 15 is 0 Å². The molecule has 98 valence electrons. The lowest BCUT2D eigenvalue weighted by molar-refractivity contribution is 0.0915. The predicted octanol–water partition coefficient (Wildman–Crippen LogP) is 3.80. The zero-order valence-corrected chi connectivity index (χ0v) is 13.6. The summed E-state index contributed by atoms with van der Waals surface area (Å²) in [5, 5.41) is 10.1. The Morgan fingerprint density at radius 2 is 1.72 bits per heavy atom. The Morgan fingerprint density at radius 3 is 2.17 bits per heavy atom. The number of hydrogen-bond donors (Lipinski definition) is 1. The number of rotatable bonds is 3. The molecule has 0 aliphatic heterocycles. The molecule has 1 unspecified atom stereocenters. The molecule has 1 aromatic carbocycles. The Kier molecular flexibility index (Phi) is 5.09. The average molecular weight is 278 g/mol. The van der Waals surface area contributed by atoms with Crippen molar-refractivity contribution in [1.82, 2.24) is 0 Å². The van der Waals surface area contributed by atoms with Gasteiger partial charge in [-0.2, -0.15) is 0 Å². The predicted molar refractivity (Wildman–Crippen MR) is 83.5 cm³/mol. The molecule has 1 N–H and O–H groups in total. The molecule has 0 aliphatic carbocycles. The lowest BCUT2D eigenvalue weighted by Gasteiger charge is -2.25. The van der Waals surface area contributed by atoms with Gasteiger partial charge in [-0.05, 0) is 26.0 Å². The molecule has 0 spiro atoms. The van der Waals surface area contributed by atoms with Crippen LogP contribution in [0.3, 0.4) is 0 Å². The van der Waals surface area contributed by atoms with E-state index in [-0.39, 0.29) is 5.25 Å². The molecule has 0 saturated carbocycles. The third-order valence-corrected chi connectivity index (χ3v) is 4.59. The molecule has 0 amide bonds. The second kappa shape index (κ2) is 5.97. The van der Waals surface area contributed by atoms with E-state index in [1.54, 1.807) is 11.8 Å². The van der Waals surface area contributed by atoms with Crippen LogP contribution in [0.25, 0.3) is 0 Å². The molecular formula is C15H22OSSi. The van der Waals surface area contributed by atoms with Crippen LogP contribution in [0.1, 0.15) is 13.8 Å². The summed E-state index contributed by atoms with van der Waals surface area (Å²) < 4.78 is 0. The Bertz CT molecular complexity index is 432. The third kappa shape index (κ3) is 5.77. The highest BCUT2D eigenvalue weighted by molar-refractivity contribution is 8.00. The van der Waals surface area contributed by atoms with Crippen LogP contribution in [0.15, 0.2) is 35.2 Å². The Morgan fingerprint density at radius 1 is 1.17 bits per heavy atom. The van der Waals surface area contributed by atoms with E-state index in [0.717, 1.165) is 4.90 Å². The summed E-state index contributed by atoms with van der Waals surface area (Å²) >= 11 is 1.63. The van der Waals surface area contributed by atoms with E-state index in [0.29, 0.717) is 0 Å². The maximum absolute atomic E-state index is 10.2. The first-order valence-electron chi connectivity index (χ1n) is 6.15. The van der Waals surface area contributed by atoms with Crippen molar-refractivity contribution in [3.05, 3.63) is 30.3 Å². The monoisotopic (exact) mass is 278 g/mol. The van der Waals surface area contributed by atoms with Crippen molar-refractivity contribution in [3.8, 4) is 11.5 Å². The fourth-order valence-corrected chi connectivity index (χ4v) is 2.94. The van der Waals surface area contributed by atoms with Crippen LogP contribution in [0.5, 0.6) is 0 Å². The number of aliphatic hydroxyl groups is 1. The molecule has 18 heavy (non-hydrogen) atoms. The molecule has 0 radical (unpaired) electrons. The molecule has 1 atom stereocenters. The first-order chi connectivity index (χ1) is 8.18. The summed E-state index contributed by atoms with van der Waals surface area (Å²) in [4.78, 5) is 1.15. The van der Waals surface area contributed by atoms with Gasteiger partial charge in [0.2, 0.25) is 0 Å². The van der Waals surface area contributed by atoms with Crippen molar-refractivity contribution in [2.45, 2.75) is 49.2 Å². The number of thioether (sulfide) groups is 1. The van der Waals surface area contributed by atoms with E-state index in [2.05, 4.69) is 43.2 Å². The fraction of sp³-hybridized carbons (Fsp3) is 0.467. The summed E-state index contributed by atoms with van der Waals surface area (Å²) in [6, 6.07) is 10.1. The van der Waals surface area contributed by atoms with Gasteiger partial charge in [0.05, 0.1) is 10.9 Å². The molecule has 3 heteroatoms. The van der Waals surface area contributed by atoms with Crippen LogP contribution in [-0.4, -0.2) is 24.0 Å². The van der Waals surface area contributed by atoms with Gasteiger partial charge in [-0.1, -0.05) is 43.8 Å². The van der Waals surface area contributed by atoms with Crippen LogP contribution < -0.4 is 0 Å². The Labute approximate surface area is 116 Å². The van der Waals surface area contributed by atoms with Gasteiger partial charge in [-0.25, -0.2) is 0 Å². The normalized spacial score (nSPS) is 13.7. The zero-order chi connectivity index (χ0) is 13.8. The van der Waals surface area contributed by atoms with Gasteiger partial charge in [0, 0.05) is 4.90 Å². The standard InChI is InChI=1S/C15H22OSSi/c1-15(2,16)14(11-12-18(3,4)5)17-13-9-7-6-8-10-13/h6-10,14,16H,1-5H3. The highest BCUT2D eigenvalue weighted by atomic mass is 32.2. The number of hydrogen-bond acceptors (Lipinski definition) is 2. The van der Waals surface area contributed by atoms with Gasteiger partial charge < -0.3 is 5.11 Å². The SMILES string of the molecule is CC(C)(O)C(C#C[Si](C)(C)C)Sc1ccccc1. The van der Waals surface area contributed by atoms with Crippen molar-refractivity contribution in [2.24, 2.45) is 0 Å². The second-order valence-corrected chi connectivity index (χ2v) is 11.9. The zero-order valence-electron chi connectivity index (χ0n) is 11.8. The summed E-state index contributed by atoms with van der Waals surface area (Å²) in [7, 11) is -1.40. The van der Waals surface area contributed by atoms with Crippen LogP contribution in [-0.2, 0) is 0 Å². The minimum absolute atomic E-state index is 0.0911. The van der Waals surface area contributed by atoms with Crippen molar-refractivity contribution in [3.63, 3.8) is 0 Å². The average Bonchev–Trinajstić information content (AvgIpc) is 2.22. The second-order valence-electron chi connectivity index (χ2n) is 5.98. The maximum Gasteiger partial charge on any atom is 0.129 e. The molecule has 0 aliphatic rings. The van der Waals surface area contributed by atoms with Crippen LogP contribution in [0, 0.1) is 11.5 Å². The first kappa shape index (κ1) is 15.4. The van der Waals surface area contributed by atoms with E-state index in [9.17, 15) is 5.11 Å². The van der Waals surface area contributed by atoms with Crippen molar-refractivity contribution in [2.75, 3.05) is 0 Å². The lowest BCUT2D eigenvalue weighted by Crippen LogP contribution is -2.33. The lowest BCUT2D eigenvalue weighted by atomic mass is 10.1. The summed E-state index contributed by atoms with van der Waals surface area (Å²) in [6.07, 6.45) is 0. The molecular weight excluding hydrogens is 256 g/mol. The van der Waals surface area contributed by atoms with Gasteiger partial charge in [0.1, 0.15) is 8.07 Å². The molecule has 0 aromatic heterocycles. The highest BCUT2D eigenvalue weighted by Gasteiger charge is 2.26. The first-order valence-corrected chi connectivity index (χ1v) is 10.5. The Balaban J connectivity index is 2.90. The highest BCUT2D eigenvalue weighted by Crippen LogP contribution is 2.29. The van der Waals surface area contributed by atoms with Crippen molar-refractivity contribution in [1.29, 1.82) is 0 Å². The van der Waals surface area contributed by atoms with E-state index in [1.807, 2.05) is 32.0 Å². The fourth-order valence-electron chi connectivity index (χ4n) is 1.27. The molecule has 1 aromatic rings. The molecule has 0 saturated heterocycles. The van der Waals surface area contributed by atoms with Crippen LogP contribution >= 0.6 is 11.8 Å². The minimum atomic E-state index is -1.40. The minimum Gasteiger partial charge on any atom is -0.388 e. The van der Waals surface area contributed by atoms with Gasteiger partial charge in [0.25, 0.3) is 0 Å². The van der Waals surface area contributed by atoms with Gasteiger partial charge >= 0.3 is 0 Å². The summed E-state index contributed by atoms with van der Waals surface area (Å²) in [5.41, 5.74) is 2.56. The smallest absolute Gasteiger partial charge is 0.129 e. The van der Waals surface area contributed by atoms with E-state index in [1.165, 1.54) is 0 Å². The van der Waals surface area contributed by atoms with Crippen molar-refractivity contribution < 1.29 is 5.11 Å². The van der Waals surface area contributed by atoms with Gasteiger partial charge in [0.15, 0.2) is 0 Å². The molecule has 1 rings (SSSR count). The van der Waals surface area contributed by atoms with Crippen LogP contribution in [0.4, 0.5) is 0 Å². The third-order valence-electron chi connectivity index (χ3n) is 2.22. The van der Waals surface area contributed by atoms with E-state index in [4.69, 9.17) is 0 Å².